The van der Waals surface area contributed by atoms with Crippen LogP contribution in [0.3, 0.4) is 0 Å². The number of aryl methyl sites for hydroxylation is 1. The largest absolute Gasteiger partial charge is 0.488 e. The first-order chi connectivity index (χ1) is 10.0. The lowest BCUT2D eigenvalue weighted by atomic mass is 10.1. The van der Waals surface area contributed by atoms with Gasteiger partial charge < -0.3 is 4.74 Å². The Morgan fingerprint density at radius 3 is 2.71 bits per heavy atom. The van der Waals surface area contributed by atoms with Gasteiger partial charge in [0.15, 0.2) is 6.29 Å². The van der Waals surface area contributed by atoms with Gasteiger partial charge in [0.05, 0.1) is 10.5 Å². The molecule has 0 unspecified atom stereocenters. The van der Waals surface area contributed by atoms with Crippen LogP contribution in [0.5, 0.6) is 5.75 Å². The number of aldehydes is 1. The lowest BCUT2D eigenvalue weighted by Crippen LogP contribution is -2.01. The molecule has 0 aliphatic rings. The predicted molar refractivity (Wildman–Crippen MR) is 74.0 cm³/mol. The highest BCUT2D eigenvalue weighted by Crippen LogP contribution is 2.24. The zero-order valence-corrected chi connectivity index (χ0v) is 11.2. The van der Waals surface area contributed by atoms with Gasteiger partial charge in [0.25, 0.3) is 5.69 Å². The van der Waals surface area contributed by atoms with E-state index in [1.54, 1.807) is 6.07 Å². The van der Waals surface area contributed by atoms with Crippen molar-refractivity contribution in [1.29, 1.82) is 0 Å². The summed E-state index contributed by atoms with van der Waals surface area (Å²) in [5.74, 6) is -0.155. The molecule has 2 aromatic carbocycles. The average Bonchev–Trinajstić information content (AvgIpc) is 2.47. The maximum absolute atomic E-state index is 13.2. The Labute approximate surface area is 120 Å². The molecular weight excluding hydrogens is 277 g/mol. The Morgan fingerprint density at radius 2 is 2.05 bits per heavy atom. The minimum Gasteiger partial charge on any atom is -0.488 e. The van der Waals surface area contributed by atoms with Crippen LogP contribution in [0.2, 0.25) is 0 Å². The molecule has 0 bridgehead atoms. The van der Waals surface area contributed by atoms with E-state index >= 15 is 0 Å². The van der Waals surface area contributed by atoms with Gasteiger partial charge in [-0.15, -0.1) is 0 Å². The van der Waals surface area contributed by atoms with E-state index in [9.17, 15) is 19.3 Å². The fourth-order valence-electron chi connectivity index (χ4n) is 1.82. The van der Waals surface area contributed by atoms with Crippen LogP contribution in [-0.4, -0.2) is 11.2 Å². The quantitative estimate of drug-likeness (QED) is 0.480. The Kier molecular flexibility index (Phi) is 4.27. The van der Waals surface area contributed by atoms with Crippen LogP contribution >= 0.6 is 0 Å². The SMILES string of the molecule is Cc1ccc(F)cc1COc1ccc([N+](=O)[O-])cc1C=O. The smallest absolute Gasteiger partial charge is 0.270 e. The van der Waals surface area contributed by atoms with E-state index in [1.165, 1.54) is 24.3 Å². The third kappa shape index (κ3) is 3.42. The third-order valence-electron chi connectivity index (χ3n) is 3.03. The number of nitro groups is 1. The fourth-order valence-corrected chi connectivity index (χ4v) is 1.82. The molecule has 5 nitrogen and oxygen atoms in total. The highest BCUT2D eigenvalue weighted by atomic mass is 19.1. The molecule has 0 saturated carbocycles. The number of halogens is 1. The van der Waals surface area contributed by atoms with Gasteiger partial charge in [0.2, 0.25) is 0 Å². The average molecular weight is 289 g/mol. The van der Waals surface area contributed by atoms with E-state index < -0.39 is 4.92 Å². The summed E-state index contributed by atoms with van der Waals surface area (Å²) in [5, 5.41) is 10.6. The van der Waals surface area contributed by atoms with Crippen molar-refractivity contribution in [2.24, 2.45) is 0 Å². The minimum atomic E-state index is -0.590. The van der Waals surface area contributed by atoms with Gasteiger partial charge in [-0.05, 0) is 36.2 Å². The molecule has 0 atom stereocenters. The molecule has 6 heteroatoms. The number of benzene rings is 2. The fraction of sp³-hybridized carbons (Fsp3) is 0.133. The zero-order valence-electron chi connectivity index (χ0n) is 11.2. The summed E-state index contributed by atoms with van der Waals surface area (Å²) in [6, 6.07) is 8.07. The monoisotopic (exact) mass is 289 g/mol. The first kappa shape index (κ1) is 14.6. The maximum atomic E-state index is 13.2. The number of nitrogens with zero attached hydrogens (tertiary/aromatic N) is 1. The van der Waals surface area contributed by atoms with Crippen LogP contribution < -0.4 is 4.74 Å². The van der Waals surface area contributed by atoms with E-state index in [1.807, 2.05) is 6.92 Å². The van der Waals surface area contributed by atoms with Gasteiger partial charge in [-0.3, -0.25) is 14.9 Å². The lowest BCUT2D eigenvalue weighted by Gasteiger charge is -2.10. The number of hydrogen-bond donors (Lipinski definition) is 0. The number of carbonyl (C=O) groups excluding carboxylic acids is 1. The summed E-state index contributed by atoms with van der Waals surface area (Å²) < 4.78 is 18.6. The molecule has 0 amide bonds. The third-order valence-corrected chi connectivity index (χ3v) is 3.03. The molecular formula is C15H12FNO4. The molecule has 108 valence electrons. The molecule has 0 fully saturated rings. The topological polar surface area (TPSA) is 69.4 Å². The summed E-state index contributed by atoms with van der Waals surface area (Å²) in [7, 11) is 0. The van der Waals surface area contributed by atoms with Crippen LogP contribution in [-0.2, 0) is 6.61 Å². The van der Waals surface area contributed by atoms with Gasteiger partial charge in [-0.2, -0.15) is 0 Å². The highest BCUT2D eigenvalue weighted by molar-refractivity contribution is 5.80. The number of carbonyl (C=O) groups is 1. The summed E-state index contributed by atoms with van der Waals surface area (Å²) in [5.41, 5.74) is 1.39. The Morgan fingerprint density at radius 1 is 1.29 bits per heavy atom. The van der Waals surface area contributed by atoms with Crippen molar-refractivity contribution in [2.45, 2.75) is 13.5 Å². The van der Waals surface area contributed by atoms with E-state index in [0.29, 0.717) is 11.8 Å². The van der Waals surface area contributed by atoms with Gasteiger partial charge in [0.1, 0.15) is 18.2 Å². The van der Waals surface area contributed by atoms with Crippen LogP contribution in [0.4, 0.5) is 10.1 Å². The summed E-state index contributed by atoms with van der Waals surface area (Å²) in [6.07, 6.45) is 0.487. The standard InChI is InChI=1S/C15H12FNO4/c1-10-2-3-13(16)6-12(10)9-21-15-5-4-14(17(19)20)7-11(15)8-18/h2-8H,9H2,1H3. The van der Waals surface area contributed by atoms with Gasteiger partial charge >= 0.3 is 0 Å². The van der Waals surface area contributed by atoms with Crippen LogP contribution in [0, 0.1) is 22.9 Å². The van der Waals surface area contributed by atoms with Crippen molar-refractivity contribution in [2.75, 3.05) is 0 Å². The number of non-ortho nitro benzene ring substituents is 1. The van der Waals surface area contributed by atoms with Crippen molar-refractivity contribution in [3.8, 4) is 5.75 Å². The van der Waals surface area contributed by atoms with Gasteiger partial charge in [-0.25, -0.2) is 4.39 Å². The molecule has 0 aliphatic heterocycles. The van der Waals surface area contributed by atoms with Crippen molar-refractivity contribution < 1.29 is 18.8 Å². The second kappa shape index (κ2) is 6.13. The zero-order chi connectivity index (χ0) is 15.4. The molecule has 0 N–H and O–H groups in total. The van der Waals surface area contributed by atoms with Crippen molar-refractivity contribution in [3.05, 3.63) is 69.0 Å². The van der Waals surface area contributed by atoms with Crippen LogP contribution in [0.25, 0.3) is 0 Å². The van der Waals surface area contributed by atoms with E-state index in [-0.39, 0.29) is 29.4 Å². The van der Waals surface area contributed by atoms with E-state index in [4.69, 9.17) is 4.74 Å². The van der Waals surface area contributed by atoms with Crippen LogP contribution in [0.1, 0.15) is 21.5 Å². The molecule has 0 heterocycles. The second-order valence-electron chi connectivity index (χ2n) is 4.46. The van der Waals surface area contributed by atoms with E-state index in [2.05, 4.69) is 0 Å². The van der Waals surface area contributed by atoms with Gasteiger partial charge in [0, 0.05) is 12.1 Å². The maximum Gasteiger partial charge on any atom is 0.270 e. The molecule has 0 aliphatic carbocycles. The Balaban J connectivity index is 2.21. The van der Waals surface area contributed by atoms with E-state index in [0.717, 1.165) is 11.6 Å². The van der Waals surface area contributed by atoms with Crippen molar-refractivity contribution >= 4 is 12.0 Å². The minimum absolute atomic E-state index is 0.0717. The van der Waals surface area contributed by atoms with Crippen LogP contribution in [0.15, 0.2) is 36.4 Å². The molecule has 0 saturated heterocycles. The van der Waals surface area contributed by atoms with Crippen molar-refractivity contribution in [3.63, 3.8) is 0 Å². The number of hydrogen-bond acceptors (Lipinski definition) is 4. The number of rotatable bonds is 5. The molecule has 0 spiro atoms. The highest BCUT2D eigenvalue weighted by Gasteiger charge is 2.12. The predicted octanol–water partition coefficient (Wildman–Crippen LogP) is 3.43. The summed E-state index contributed by atoms with van der Waals surface area (Å²) in [6.45, 7) is 1.89. The normalized spacial score (nSPS) is 10.2. The first-order valence-electron chi connectivity index (χ1n) is 6.12. The Hall–Kier alpha value is -2.76. The van der Waals surface area contributed by atoms with Gasteiger partial charge in [-0.1, -0.05) is 6.07 Å². The Bertz CT molecular complexity index is 700. The van der Waals surface area contributed by atoms with Crippen molar-refractivity contribution in [1.82, 2.24) is 0 Å². The molecule has 0 radical (unpaired) electrons. The summed E-state index contributed by atoms with van der Waals surface area (Å²) in [4.78, 5) is 21.0. The second-order valence-corrected chi connectivity index (χ2v) is 4.46. The summed E-state index contributed by atoms with van der Waals surface area (Å²) >= 11 is 0. The molecule has 2 aromatic rings. The first-order valence-corrected chi connectivity index (χ1v) is 6.12. The number of ether oxygens (including phenoxy) is 1. The molecule has 0 aromatic heterocycles. The number of nitro benzene ring substituents is 1. The lowest BCUT2D eigenvalue weighted by molar-refractivity contribution is -0.384. The molecule has 21 heavy (non-hydrogen) atoms. The molecule has 2 rings (SSSR count).